The van der Waals surface area contributed by atoms with Crippen molar-refractivity contribution in [2.45, 2.75) is 39.5 Å². The van der Waals surface area contributed by atoms with Gasteiger partial charge in [-0.25, -0.2) is 0 Å². The summed E-state index contributed by atoms with van der Waals surface area (Å²) in [6.07, 6.45) is 11.5. The lowest BCUT2D eigenvalue weighted by Gasteiger charge is -2.08. The van der Waals surface area contributed by atoms with Crippen LogP contribution in [0.25, 0.3) is 0 Å². The van der Waals surface area contributed by atoms with Crippen LogP contribution < -0.4 is 0 Å². The SMILES string of the molecule is C=CCCC(C=CC)CCC. The molecule has 0 aromatic heterocycles. The lowest BCUT2D eigenvalue weighted by Crippen LogP contribution is -1.94. The molecule has 0 aliphatic heterocycles. The average molecular weight is 152 g/mol. The molecule has 0 N–H and O–H groups in total. The normalized spacial score (nSPS) is 13.6. The molecule has 0 heterocycles. The van der Waals surface area contributed by atoms with Crippen molar-refractivity contribution in [3.63, 3.8) is 0 Å². The molecule has 0 aliphatic rings. The fourth-order valence-electron chi connectivity index (χ4n) is 1.31. The first-order valence-corrected chi connectivity index (χ1v) is 4.58. The van der Waals surface area contributed by atoms with Gasteiger partial charge in [-0.15, -0.1) is 6.58 Å². The quantitative estimate of drug-likeness (QED) is 0.506. The summed E-state index contributed by atoms with van der Waals surface area (Å²) in [5.41, 5.74) is 0. The molecule has 0 amide bonds. The van der Waals surface area contributed by atoms with E-state index in [0.717, 1.165) is 12.3 Å². The summed E-state index contributed by atoms with van der Waals surface area (Å²) in [6, 6.07) is 0. The summed E-state index contributed by atoms with van der Waals surface area (Å²) in [4.78, 5) is 0. The predicted octanol–water partition coefficient (Wildman–Crippen LogP) is 3.95. The fourth-order valence-corrected chi connectivity index (χ4v) is 1.31. The van der Waals surface area contributed by atoms with Crippen LogP contribution in [0.15, 0.2) is 24.8 Å². The molecule has 0 saturated carbocycles. The highest BCUT2D eigenvalue weighted by Gasteiger charge is 2.00. The molecule has 0 saturated heterocycles. The molecule has 64 valence electrons. The summed E-state index contributed by atoms with van der Waals surface area (Å²) in [5, 5.41) is 0. The highest BCUT2D eigenvalue weighted by atomic mass is 14.1. The summed E-state index contributed by atoms with van der Waals surface area (Å²) >= 11 is 0. The number of rotatable bonds is 6. The second-order valence-corrected chi connectivity index (χ2v) is 2.94. The van der Waals surface area contributed by atoms with Gasteiger partial charge in [0, 0.05) is 0 Å². The van der Waals surface area contributed by atoms with E-state index in [1.807, 2.05) is 6.08 Å². The number of allylic oxidation sites excluding steroid dienone is 3. The van der Waals surface area contributed by atoms with Gasteiger partial charge in [0.2, 0.25) is 0 Å². The minimum absolute atomic E-state index is 0.781. The topological polar surface area (TPSA) is 0 Å². The average Bonchev–Trinajstić information content (AvgIpc) is 2.01. The fraction of sp³-hybridized carbons (Fsp3) is 0.636. The van der Waals surface area contributed by atoms with E-state index in [9.17, 15) is 0 Å². The Labute approximate surface area is 71.0 Å². The third kappa shape index (κ3) is 5.90. The van der Waals surface area contributed by atoms with Gasteiger partial charge >= 0.3 is 0 Å². The maximum Gasteiger partial charge on any atom is -0.0231 e. The standard InChI is InChI=1S/C11H20/c1-4-7-10-11(8-5-2)9-6-3/h4-5,8,11H,1,6-7,9-10H2,2-3H3. The van der Waals surface area contributed by atoms with E-state index in [0.29, 0.717) is 0 Å². The first kappa shape index (κ1) is 10.5. The van der Waals surface area contributed by atoms with E-state index >= 15 is 0 Å². The maximum atomic E-state index is 3.73. The molecule has 0 spiro atoms. The van der Waals surface area contributed by atoms with Gasteiger partial charge in [-0.1, -0.05) is 31.6 Å². The minimum Gasteiger partial charge on any atom is -0.103 e. The summed E-state index contributed by atoms with van der Waals surface area (Å²) in [5.74, 6) is 0.781. The first-order valence-electron chi connectivity index (χ1n) is 4.58. The van der Waals surface area contributed by atoms with Crippen molar-refractivity contribution in [2.75, 3.05) is 0 Å². The molecular weight excluding hydrogens is 132 g/mol. The first-order chi connectivity index (χ1) is 5.35. The molecule has 0 radical (unpaired) electrons. The summed E-state index contributed by atoms with van der Waals surface area (Å²) in [6.45, 7) is 8.06. The van der Waals surface area contributed by atoms with Crippen LogP contribution in [0.1, 0.15) is 39.5 Å². The van der Waals surface area contributed by atoms with Crippen LogP contribution in [0.2, 0.25) is 0 Å². The van der Waals surface area contributed by atoms with E-state index in [1.54, 1.807) is 0 Å². The van der Waals surface area contributed by atoms with Crippen LogP contribution in [-0.2, 0) is 0 Å². The van der Waals surface area contributed by atoms with E-state index < -0.39 is 0 Å². The minimum atomic E-state index is 0.781. The van der Waals surface area contributed by atoms with Crippen LogP contribution >= 0.6 is 0 Å². The second kappa shape index (κ2) is 7.59. The van der Waals surface area contributed by atoms with Crippen molar-refractivity contribution in [1.29, 1.82) is 0 Å². The third-order valence-corrected chi connectivity index (χ3v) is 1.87. The molecular formula is C11H20. The van der Waals surface area contributed by atoms with Gasteiger partial charge in [-0.3, -0.25) is 0 Å². The number of hydrogen-bond acceptors (Lipinski definition) is 0. The predicted molar refractivity (Wildman–Crippen MR) is 52.6 cm³/mol. The van der Waals surface area contributed by atoms with Gasteiger partial charge in [-0.2, -0.15) is 0 Å². The zero-order valence-electron chi connectivity index (χ0n) is 7.84. The Balaban J connectivity index is 3.59. The molecule has 11 heavy (non-hydrogen) atoms. The number of hydrogen-bond donors (Lipinski definition) is 0. The molecule has 0 fully saturated rings. The lowest BCUT2D eigenvalue weighted by molar-refractivity contribution is 0.542. The van der Waals surface area contributed by atoms with Crippen molar-refractivity contribution in [2.24, 2.45) is 5.92 Å². The van der Waals surface area contributed by atoms with Gasteiger partial charge in [-0.05, 0) is 32.1 Å². The van der Waals surface area contributed by atoms with E-state index in [-0.39, 0.29) is 0 Å². The van der Waals surface area contributed by atoms with Crippen molar-refractivity contribution in [3.05, 3.63) is 24.8 Å². The molecule has 0 bridgehead atoms. The zero-order chi connectivity index (χ0) is 8.53. The smallest absolute Gasteiger partial charge is 0.0231 e. The van der Waals surface area contributed by atoms with Crippen molar-refractivity contribution < 1.29 is 0 Å². The van der Waals surface area contributed by atoms with Crippen LogP contribution in [0.4, 0.5) is 0 Å². The molecule has 0 nitrogen and oxygen atoms in total. The Morgan fingerprint density at radius 2 is 2.09 bits per heavy atom. The van der Waals surface area contributed by atoms with Gasteiger partial charge in [0.05, 0.1) is 0 Å². The lowest BCUT2D eigenvalue weighted by atomic mass is 9.97. The summed E-state index contributed by atoms with van der Waals surface area (Å²) < 4.78 is 0. The molecule has 0 aromatic carbocycles. The molecule has 0 aromatic rings. The van der Waals surface area contributed by atoms with Crippen molar-refractivity contribution >= 4 is 0 Å². The largest absolute Gasteiger partial charge is 0.103 e. The van der Waals surface area contributed by atoms with Gasteiger partial charge < -0.3 is 0 Å². The molecule has 0 rings (SSSR count). The van der Waals surface area contributed by atoms with E-state index in [1.165, 1.54) is 19.3 Å². The second-order valence-electron chi connectivity index (χ2n) is 2.94. The highest BCUT2D eigenvalue weighted by molar-refractivity contribution is 4.86. The Morgan fingerprint density at radius 1 is 1.36 bits per heavy atom. The van der Waals surface area contributed by atoms with Gasteiger partial charge in [0.15, 0.2) is 0 Å². The molecule has 0 heteroatoms. The zero-order valence-corrected chi connectivity index (χ0v) is 7.84. The third-order valence-electron chi connectivity index (χ3n) is 1.87. The Morgan fingerprint density at radius 3 is 2.55 bits per heavy atom. The summed E-state index contributed by atoms with van der Waals surface area (Å²) in [7, 11) is 0. The Bertz CT molecular complexity index is 111. The molecule has 1 unspecified atom stereocenters. The van der Waals surface area contributed by atoms with Crippen LogP contribution in [0.5, 0.6) is 0 Å². The van der Waals surface area contributed by atoms with Crippen molar-refractivity contribution in [3.8, 4) is 0 Å². The van der Waals surface area contributed by atoms with Gasteiger partial charge in [0.25, 0.3) is 0 Å². The van der Waals surface area contributed by atoms with Crippen LogP contribution in [0, 0.1) is 5.92 Å². The van der Waals surface area contributed by atoms with Crippen molar-refractivity contribution in [1.82, 2.24) is 0 Å². The monoisotopic (exact) mass is 152 g/mol. The molecule has 0 aliphatic carbocycles. The van der Waals surface area contributed by atoms with E-state index in [2.05, 4.69) is 32.6 Å². The molecule has 1 atom stereocenters. The Kier molecular flexibility index (Phi) is 7.23. The van der Waals surface area contributed by atoms with Crippen LogP contribution in [-0.4, -0.2) is 0 Å². The maximum absolute atomic E-state index is 3.73. The van der Waals surface area contributed by atoms with Gasteiger partial charge in [0.1, 0.15) is 0 Å². The van der Waals surface area contributed by atoms with E-state index in [4.69, 9.17) is 0 Å². The van der Waals surface area contributed by atoms with Crippen LogP contribution in [0.3, 0.4) is 0 Å². The Hall–Kier alpha value is -0.520. The highest BCUT2D eigenvalue weighted by Crippen LogP contribution is 2.14.